The quantitative estimate of drug-likeness (QED) is 0.255. The number of carbonyl (C=O) groups is 1. The van der Waals surface area contributed by atoms with Gasteiger partial charge in [-0.05, 0) is 62.4 Å². The molecule has 0 radical (unpaired) electrons. The lowest BCUT2D eigenvalue weighted by Crippen LogP contribution is -2.34. The van der Waals surface area contributed by atoms with Crippen molar-refractivity contribution in [1.29, 1.82) is 0 Å². The average Bonchev–Trinajstić information content (AvgIpc) is 3.45. The summed E-state index contributed by atoms with van der Waals surface area (Å²) in [6.45, 7) is 5.25. The Balaban J connectivity index is 1.50. The predicted molar refractivity (Wildman–Crippen MR) is 149 cm³/mol. The summed E-state index contributed by atoms with van der Waals surface area (Å²) in [5, 5.41) is 7.33. The molecule has 3 N–H and O–H groups in total. The Hall–Kier alpha value is -3.97. The van der Waals surface area contributed by atoms with E-state index in [1.165, 1.54) is 11.8 Å². The van der Waals surface area contributed by atoms with Gasteiger partial charge in [-0.25, -0.2) is 9.78 Å². The standard InChI is InChI=1S/C30H33F6N5O3/c1-4-17-7-5-6-8-23(17)39-27-20(9-19(13-38-27)24-16(3)44-40-26(24)37)14-41-15(2)25(43-28(41)42)18-10-21(29(31,32)33)12-22(11-18)30(34,35)36/h9-13,15,17,23,25H,4-8,14H2,1-3H3,(H2,37,40)(H,38,39)/t15-,17?,23?,25-/m0/s1. The van der Waals surface area contributed by atoms with E-state index in [4.69, 9.17) is 15.0 Å². The Bertz CT molecular complexity index is 1470. The van der Waals surface area contributed by atoms with Crippen LogP contribution in [0.2, 0.25) is 0 Å². The number of amides is 1. The molecule has 14 heteroatoms. The summed E-state index contributed by atoms with van der Waals surface area (Å²) in [6.07, 6.45) is -5.58. The van der Waals surface area contributed by atoms with Gasteiger partial charge >= 0.3 is 18.4 Å². The largest absolute Gasteiger partial charge is 0.439 e. The summed E-state index contributed by atoms with van der Waals surface area (Å²) < 4.78 is 91.9. The lowest BCUT2D eigenvalue weighted by molar-refractivity contribution is -0.143. The van der Waals surface area contributed by atoms with Gasteiger partial charge in [0.15, 0.2) is 5.82 Å². The first-order valence-electron chi connectivity index (χ1n) is 14.4. The van der Waals surface area contributed by atoms with Crippen LogP contribution in [-0.4, -0.2) is 33.2 Å². The number of anilines is 2. The molecular formula is C30H33F6N5O3. The molecule has 1 saturated carbocycles. The Morgan fingerprint density at radius 1 is 1.05 bits per heavy atom. The van der Waals surface area contributed by atoms with Crippen molar-refractivity contribution in [1.82, 2.24) is 15.0 Å². The number of benzene rings is 1. The lowest BCUT2D eigenvalue weighted by Gasteiger charge is -2.33. The molecule has 238 valence electrons. The van der Waals surface area contributed by atoms with Gasteiger partial charge in [-0.3, -0.25) is 4.90 Å². The van der Waals surface area contributed by atoms with E-state index in [0.29, 0.717) is 46.3 Å². The minimum absolute atomic E-state index is 0.0467. The van der Waals surface area contributed by atoms with Crippen molar-refractivity contribution >= 4 is 17.7 Å². The van der Waals surface area contributed by atoms with Gasteiger partial charge in [0.2, 0.25) is 0 Å². The maximum Gasteiger partial charge on any atom is 0.416 e. The number of rotatable bonds is 7. The molecule has 0 bridgehead atoms. The van der Waals surface area contributed by atoms with Gasteiger partial charge in [0.05, 0.1) is 29.3 Å². The van der Waals surface area contributed by atoms with Crippen LogP contribution in [0.3, 0.4) is 0 Å². The van der Waals surface area contributed by atoms with Crippen molar-refractivity contribution in [3.63, 3.8) is 0 Å². The van der Waals surface area contributed by atoms with Crippen LogP contribution in [0.5, 0.6) is 0 Å². The van der Waals surface area contributed by atoms with Crippen molar-refractivity contribution < 1.29 is 40.4 Å². The number of nitrogens with zero attached hydrogens (tertiary/aromatic N) is 3. The van der Waals surface area contributed by atoms with Crippen molar-refractivity contribution in [2.45, 2.75) is 90.0 Å². The third kappa shape index (κ3) is 6.29. The van der Waals surface area contributed by atoms with E-state index in [-0.39, 0.29) is 24.5 Å². The molecule has 2 aliphatic rings. The zero-order chi connectivity index (χ0) is 32.0. The highest BCUT2D eigenvalue weighted by Crippen LogP contribution is 2.42. The summed E-state index contributed by atoms with van der Waals surface area (Å²) in [4.78, 5) is 19.1. The number of hydrogen-bond donors (Lipinski definition) is 2. The normalized spacial score (nSPS) is 22.8. The second-order valence-electron chi connectivity index (χ2n) is 11.4. The van der Waals surface area contributed by atoms with Gasteiger partial charge in [-0.2, -0.15) is 26.3 Å². The van der Waals surface area contributed by atoms with Gasteiger partial charge in [-0.1, -0.05) is 31.3 Å². The number of hydrogen-bond acceptors (Lipinski definition) is 7. The van der Waals surface area contributed by atoms with E-state index in [9.17, 15) is 31.1 Å². The number of nitrogens with two attached hydrogens (primary N) is 1. The van der Waals surface area contributed by atoms with E-state index in [1.807, 2.05) is 0 Å². The van der Waals surface area contributed by atoms with Gasteiger partial charge < -0.3 is 20.3 Å². The molecule has 3 heterocycles. The summed E-state index contributed by atoms with van der Waals surface area (Å²) in [6, 6.07) is 2.22. The molecule has 2 unspecified atom stereocenters. The molecule has 1 aliphatic carbocycles. The maximum absolute atomic E-state index is 13.5. The molecule has 1 saturated heterocycles. The number of cyclic esters (lactones) is 1. The summed E-state index contributed by atoms with van der Waals surface area (Å²) >= 11 is 0. The number of ether oxygens (including phenoxy) is 1. The minimum Gasteiger partial charge on any atom is -0.439 e. The van der Waals surface area contributed by atoms with Crippen molar-refractivity contribution in [3.8, 4) is 11.1 Å². The molecule has 4 atom stereocenters. The fourth-order valence-corrected chi connectivity index (χ4v) is 6.19. The Kier molecular flexibility index (Phi) is 8.47. The third-order valence-corrected chi connectivity index (χ3v) is 8.57. The number of aromatic nitrogens is 2. The second-order valence-corrected chi connectivity index (χ2v) is 11.4. The smallest absolute Gasteiger partial charge is 0.416 e. The zero-order valence-corrected chi connectivity index (χ0v) is 24.4. The Morgan fingerprint density at radius 3 is 2.30 bits per heavy atom. The van der Waals surface area contributed by atoms with E-state index in [1.54, 1.807) is 19.2 Å². The second kappa shape index (κ2) is 11.8. The topological polar surface area (TPSA) is 107 Å². The molecule has 44 heavy (non-hydrogen) atoms. The molecule has 1 aromatic carbocycles. The molecule has 1 aliphatic heterocycles. The highest BCUT2D eigenvalue weighted by molar-refractivity contribution is 5.77. The zero-order valence-electron chi connectivity index (χ0n) is 24.4. The number of halogens is 6. The van der Waals surface area contributed by atoms with Gasteiger partial charge in [0.1, 0.15) is 17.7 Å². The van der Waals surface area contributed by atoms with Gasteiger partial charge in [0, 0.05) is 23.4 Å². The van der Waals surface area contributed by atoms with Crippen LogP contribution in [-0.2, 0) is 23.6 Å². The number of pyridine rings is 1. The molecule has 2 fully saturated rings. The van der Waals surface area contributed by atoms with E-state index in [0.717, 1.165) is 32.1 Å². The number of carbonyl (C=O) groups excluding carboxylic acids is 1. The van der Waals surface area contributed by atoms with Crippen LogP contribution >= 0.6 is 0 Å². The third-order valence-electron chi connectivity index (χ3n) is 8.57. The fraction of sp³-hybridized carbons (Fsp3) is 0.500. The molecule has 8 nitrogen and oxygen atoms in total. The van der Waals surface area contributed by atoms with Crippen LogP contribution in [0.25, 0.3) is 11.1 Å². The summed E-state index contributed by atoms with van der Waals surface area (Å²) in [5.41, 5.74) is 4.32. The summed E-state index contributed by atoms with van der Waals surface area (Å²) in [7, 11) is 0. The average molecular weight is 626 g/mol. The molecule has 0 spiro atoms. The fourth-order valence-electron chi connectivity index (χ4n) is 6.19. The summed E-state index contributed by atoms with van der Waals surface area (Å²) in [5.74, 6) is 1.52. The van der Waals surface area contributed by atoms with Crippen LogP contribution in [0.1, 0.15) is 80.1 Å². The Labute approximate surface area is 249 Å². The first-order chi connectivity index (χ1) is 20.7. The first-order valence-corrected chi connectivity index (χ1v) is 14.4. The highest BCUT2D eigenvalue weighted by Gasteiger charge is 2.43. The van der Waals surface area contributed by atoms with Crippen molar-refractivity contribution in [2.24, 2.45) is 5.92 Å². The van der Waals surface area contributed by atoms with Gasteiger partial charge in [-0.15, -0.1) is 0 Å². The molecular weight excluding hydrogens is 592 g/mol. The monoisotopic (exact) mass is 625 g/mol. The predicted octanol–water partition coefficient (Wildman–Crippen LogP) is 8.13. The number of nitrogen functional groups attached to an aromatic ring is 1. The molecule has 3 aromatic rings. The van der Waals surface area contributed by atoms with Crippen LogP contribution < -0.4 is 11.1 Å². The molecule has 5 rings (SSSR count). The highest BCUT2D eigenvalue weighted by atomic mass is 19.4. The lowest BCUT2D eigenvalue weighted by atomic mass is 9.83. The number of nitrogens with one attached hydrogen (secondary N) is 1. The molecule has 2 aromatic heterocycles. The van der Waals surface area contributed by atoms with Crippen LogP contribution in [0, 0.1) is 12.8 Å². The molecule has 1 amide bonds. The van der Waals surface area contributed by atoms with E-state index < -0.39 is 47.3 Å². The van der Waals surface area contributed by atoms with Crippen LogP contribution in [0.4, 0.5) is 42.8 Å². The van der Waals surface area contributed by atoms with Crippen molar-refractivity contribution in [3.05, 3.63) is 58.5 Å². The van der Waals surface area contributed by atoms with Gasteiger partial charge in [0.25, 0.3) is 0 Å². The van der Waals surface area contributed by atoms with Crippen molar-refractivity contribution in [2.75, 3.05) is 11.1 Å². The minimum atomic E-state index is -5.04. The number of alkyl halides is 6. The Morgan fingerprint density at radius 2 is 1.70 bits per heavy atom. The van der Waals surface area contributed by atoms with E-state index in [2.05, 4.69) is 22.4 Å². The number of aryl methyl sites for hydroxylation is 1. The SMILES string of the molecule is CCC1CCCCC1Nc1ncc(-c2c(N)noc2C)cc1CN1C(=O)O[C@H](c2cc(C(F)(F)F)cc(C(F)(F)F)c2)[C@@H]1C. The van der Waals surface area contributed by atoms with E-state index >= 15 is 0 Å². The van der Waals surface area contributed by atoms with Crippen LogP contribution in [0.15, 0.2) is 35.0 Å². The first kappa shape index (κ1) is 31.5. The maximum atomic E-state index is 13.5.